The Balaban J connectivity index is 2.37. The standard InChI is InChI=1S/C9H14N4O3/c1-5-3-12-7(16-5)4-11-6(2)8(14)13-9(10)15/h3,6,11H,4H2,1-2H3,(H3,10,13,14,15). The van der Waals surface area contributed by atoms with Crippen molar-refractivity contribution in [3.63, 3.8) is 0 Å². The summed E-state index contributed by atoms with van der Waals surface area (Å²) in [5.41, 5.74) is 4.81. The van der Waals surface area contributed by atoms with E-state index >= 15 is 0 Å². The summed E-state index contributed by atoms with van der Waals surface area (Å²) in [5.74, 6) is 0.693. The number of carbonyl (C=O) groups excluding carboxylic acids is 2. The summed E-state index contributed by atoms with van der Waals surface area (Å²) in [7, 11) is 0. The van der Waals surface area contributed by atoms with Gasteiger partial charge in [-0.25, -0.2) is 9.78 Å². The summed E-state index contributed by atoms with van der Waals surface area (Å²) >= 11 is 0. The van der Waals surface area contributed by atoms with E-state index in [2.05, 4.69) is 10.3 Å². The smallest absolute Gasteiger partial charge is 0.318 e. The highest BCUT2D eigenvalue weighted by Gasteiger charge is 2.14. The lowest BCUT2D eigenvalue weighted by atomic mass is 10.3. The first kappa shape index (κ1) is 12.2. The molecule has 16 heavy (non-hydrogen) atoms. The molecule has 1 heterocycles. The molecular formula is C9H14N4O3. The maximum absolute atomic E-state index is 11.3. The summed E-state index contributed by atoms with van der Waals surface area (Å²) in [5, 5.41) is 4.81. The Bertz CT molecular complexity index is 388. The van der Waals surface area contributed by atoms with E-state index in [9.17, 15) is 9.59 Å². The summed E-state index contributed by atoms with van der Waals surface area (Å²) < 4.78 is 5.20. The predicted molar refractivity (Wildman–Crippen MR) is 55.3 cm³/mol. The van der Waals surface area contributed by atoms with Crippen LogP contribution >= 0.6 is 0 Å². The Morgan fingerprint density at radius 2 is 2.31 bits per heavy atom. The highest BCUT2D eigenvalue weighted by Crippen LogP contribution is 2.00. The lowest BCUT2D eigenvalue weighted by Gasteiger charge is -2.10. The van der Waals surface area contributed by atoms with Crippen molar-refractivity contribution >= 4 is 11.9 Å². The fourth-order valence-corrected chi connectivity index (χ4v) is 1.05. The van der Waals surface area contributed by atoms with Crippen molar-refractivity contribution in [3.8, 4) is 0 Å². The third-order valence-corrected chi connectivity index (χ3v) is 1.87. The van der Waals surface area contributed by atoms with E-state index in [1.54, 1.807) is 20.0 Å². The van der Waals surface area contributed by atoms with Gasteiger partial charge < -0.3 is 10.2 Å². The average molecular weight is 226 g/mol. The third kappa shape index (κ3) is 3.70. The van der Waals surface area contributed by atoms with Crippen LogP contribution in [0.1, 0.15) is 18.6 Å². The van der Waals surface area contributed by atoms with Crippen LogP contribution in [0.25, 0.3) is 0 Å². The second kappa shape index (κ2) is 5.26. The minimum atomic E-state index is -0.870. The van der Waals surface area contributed by atoms with Gasteiger partial charge in [0.1, 0.15) is 5.76 Å². The van der Waals surface area contributed by atoms with Crippen LogP contribution in [0.2, 0.25) is 0 Å². The maximum atomic E-state index is 11.3. The van der Waals surface area contributed by atoms with Crippen molar-refractivity contribution in [1.82, 2.24) is 15.6 Å². The van der Waals surface area contributed by atoms with Gasteiger partial charge in [0.15, 0.2) is 0 Å². The average Bonchev–Trinajstić information content (AvgIpc) is 2.59. The number of hydrogen-bond donors (Lipinski definition) is 3. The second-order valence-corrected chi connectivity index (χ2v) is 3.32. The number of nitrogens with two attached hydrogens (primary N) is 1. The predicted octanol–water partition coefficient (Wildman–Crippen LogP) is -0.344. The zero-order valence-electron chi connectivity index (χ0n) is 9.11. The van der Waals surface area contributed by atoms with E-state index in [1.807, 2.05) is 5.32 Å². The quantitative estimate of drug-likeness (QED) is 0.650. The topological polar surface area (TPSA) is 110 Å². The Labute approximate surface area is 92.4 Å². The van der Waals surface area contributed by atoms with Crippen molar-refractivity contribution < 1.29 is 14.0 Å². The number of amides is 3. The highest BCUT2D eigenvalue weighted by atomic mass is 16.4. The lowest BCUT2D eigenvalue weighted by Crippen LogP contribution is -2.46. The van der Waals surface area contributed by atoms with E-state index in [0.717, 1.165) is 0 Å². The summed E-state index contributed by atoms with van der Waals surface area (Å²) in [6.45, 7) is 3.69. The molecule has 0 radical (unpaired) electrons. The Hall–Kier alpha value is -1.89. The summed E-state index contributed by atoms with van der Waals surface area (Å²) in [6, 6.07) is -1.43. The second-order valence-electron chi connectivity index (χ2n) is 3.32. The van der Waals surface area contributed by atoms with Crippen LogP contribution in [0.5, 0.6) is 0 Å². The highest BCUT2D eigenvalue weighted by molar-refractivity contribution is 5.96. The first-order valence-corrected chi connectivity index (χ1v) is 4.74. The van der Waals surface area contributed by atoms with Crippen LogP contribution in [0.3, 0.4) is 0 Å². The van der Waals surface area contributed by atoms with Crippen LogP contribution in [0.15, 0.2) is 10.6 Å². The van der Waals surface area contributed by atoms with Crippen LogP contribution in [0, 0.1) is 6.92 Å². The molecule has 0 aromatic carbocycles. The normalized spacial score (nSPS) is 12.1. The molecule has 3 amide bonds. The first-order chi connectivity index (χ1) is 7.49. The maximum Gasteiger partial charge on any atom is 0.318 e. The van der Waals surface area contributed by atoms with E-state index in [4.69, 9.17) is 10.2 Å². The molecule has 4 N–H and O–H groups in total. The largest absolute Gasteiger partial charge is 0.445 e. The van der Waals surface area contributed by atoms with Crippen LogP contribution < -0.4 is 16.4 Å². The van der Waals surface area contributed by atoms with E-state index in [-0.39, 0.29) is 0 Å². The van der Waals surface area contributed by atoms with Crippen LogP contribution in [-0.2, 0) is 11.3 Å². The van der Waals surface area contributed by atoms with E-state index < -0.39 is 18.0 Å². The molecule has 0 bridgehead atoms. The number of hydrogen-bond acceptors (Lipinski definition) is 5. The van der Waals surface area contributed by atoms with Crippen molar-refractivity contribution in [2.24, 2.45) is 5.73 Å². The molecule has 1 atom stereocenters. The van der Waals surface area contributed by atoms with Crippen molar-refractivity contribution in [3.05, 3.63) is 17.8 Å². The molecule has 0 saturated heterocycles. The molecule has 1 unspecified atom stereocenters. The molecule has 0 fully saturated rings. The number of primary amides is 1. The van der Waals surface area contributed by atoms with Gasteiger partial charge in [0.25, 0.3) is 0 Å². The van der Waals surface area contributed by atoms with Crippen LogP contribution in [0.4, 0.5) is 4.79 Å². The molecule has 0 aliphatic carbocycles. The lowest BCUT2D eigenvalue weighted by molar-refractivity contribution is -0.121. The van der Waals surface area contributed by atoms with Crippen LogP contribution in [-0.4, -0.2) is 23.0 Å². The summed E-state index contributed by atoms with van der Waals surface area (Å²) in [4.78, 5) is 25.6. The monoisotopic (exact) mass is 226 g/mol. The number of nitrogens with one attached hydrogen (secondary N) is 2. The molecule has 7 nitrogen and oxygen atoms in total. The van der Waals surface area contributed by atoms with Gasteiger partial charge in [0.2, 0.25) is 11.8 Å². The van der Waals surface area contributed by atoms with Crippen molar-refractivity contribution in [2.45, 2.75) is 26.4 Å². The number of oxazole rings is 1. The number of aromatic nitrogens is 1. The van der Waals surface area contributed by atoms with Gasteiger partial charge >= 0.3 is 6.03 Å². The molecule has 0 saturated carbocycles. The third-order valence-electron chi connectivity index (χ3n) is 1.87. The molecule has 1 rings (SSSR count). The fraction of sp³-hybridized carbons (Fsp3) is 0.444. The van der Waals surface area contributed by atoms with Gasteiger partial charge in [-0.2, -0.15) is 0 Å². The van der Waals surface area contributed by atoms with Gasteiger partial charge in [0, 0.05) is 0 Å². The molecule has 0 spiro atoms. The number of rotatable bonds is 4. The summed E-state index contributed by atoms with van der Waals surface area (Å²) in [6.07, 6.45) is 1.59. The molecule has 0 aliphatic rings. The van der Waals surface area contributed by atoms with E-state index in [0.29, 0.717) is 18.2 Å². The van der Waals surface area contributed by atoms with Gasteiger partial charge in [-0.1, -0.05) is 0 Å². The number of aryl methyl sites for hydroxylation is 1. The zero-order chi connectivity index (χ0) is 12.1. The number of urea groups is 1. The fourth-order valence-electron chi connectivity index (χ4n) is 1.05. The van der Waals surface area contributed by atoms with E-state index in [1.165, 1.54) is 0 Å². The van der Waals surface area contributed by atoms with Gasteiger partial charge in [0.05, 0.1) is 18.8 Å². The molecule has 88 valence electrons. The first-order valence-electron chi connectivity index (χ1n) is 4.74. The van der Waals surface area contributed by atoms with Gasteiger partial charge in [-0.05, 0) is 13.8 Å². The van der Waals surface area contributed by atoms with Crippen molar-refractivity contribution in [1.29, 1.82) is 0 Å². The number of imide groups is 1. The Morgan fingerprint density at radius 1 is 1.62 bits per heavy atom. The SMILES string of the molecule is Cc1cnc(CNC(C)C(=O)NC(N)=O)o1. The molecule has 1 aromatic heterocycles. The molecule has 7 heteroatoms. The number of carbonyl (C=O) groups is 2. The molecular weight excluding hydrogens is 212 g/mol. The Morgan fingerprint density at radius 3 is 2.81 bits per heavy atom. The van der Waals surface area contributed by atoms with Gasteiger partial charge in [-0.15, -0.1) is 0 Å². The minimum absolute atomic E-state index is 0.307. The molecule has 0 aliphatic heterocycles. The Kier molecular flexibility index (Phi) is 4.01. The van der Waals surface area contributed by atoms with Gasteiger partial charge in [-0.3, -0.25) is 15.4 Å². The molecule has 1 aromatic rings. The van der Waals surface area contributed by atoms with Crippen molar-refractivity contribution in [2.75, 3.05) is 0 Å². The zero-order valence-corrected chi connectivity index (χ0v) is 9.11. The number of nitrogens with zero attached hydrogens (tertiary/aromatic N) is 1. The minimum Gasteiger partial charge on any atom is -0.445 e.